The Morgan fingerprint density at radius 3 is 2.70 bits per heavy atom. The molecule has 1 N–H and O–H groups in total. The van der Waals surface area contributed by atoms with Crippen molar-refractivity contribution in [1.29, 1.82) is 0 Å². The molecule has 0 aliphatic carbocycles. The van der Waals surface area contributed by atoms with Crippen molar-refractivity contribution in [2.75, 3.05) is 0 Å². The van der Waals surface area contributed by atoms with E-state index in [9.17, 15) is 15.2 Å². The van der Waals surface area contributed by atoms with Crippen LogP contribution in [-0.2, 0) is 0 Å². The number of ether oxygens (including phenoxy) is 1. The van der Waals surface area contributed by atoms with Crippen LogP contribution in [0.1, 0.15) is 18.6 Å². The minimum absolute atomic E-state index is 0.0741. The Kier molecular flexibility index (Phi) is 4.31. The topological polar surface area (TPSA) is 85.5 Å². The average Bonchev–Trinajstić information content (AvgIpc) is 2.38. The Bertz CT molecular complexity index is 629. The maximum Gasteiger partial charge on any atom is 0.274 e. The Labute approximate surface area is 123 Å². The zero-order valence-corrected chi connectivity index (χ0v) is 12.1. The minimum Gasteiger partial charge on any atom is -0.439 e. The molecule has 2 aromatic rings. The van der Waals surface area contributed by atoms with Crippen molar-refractivity contribution < 1.29 is 14.8 Å². The van der Waals surface area contributed by atoms with Crippen LogP contribution in [0, 0.1) is 10.1 Å². The van der Waals surface area contributed by atoms with Gasteiger partial charge in [0.2, 0.25) is 5.88 Å². The van der Waals surface area contributed by atoms with Crippen LogP contribution in [0.3, 0.4) is 0 Å². The largest absolute Gasteiger partial charge is 0.439 e. The Morgan fingerprint density at radius 1 is 1.40 bits per heavy atom. The van der Waals surface area contributed by atoms with Crippen molar-refractivity contribution in [3.05, 3.63) is 56.7 Å². The Hall–Kier alpha value is -1.99. The number of hydrogen-bond donors (Lipinski definition) is 1. The van der Waals surface area contributed by atoms with E-state index in [1.165, 1.54) is 18.3 Å². The second kappa shape index (κ2) is 5.98. The minimum atomic E-state index is -0.608. The second-order valence-electron chi connectivity index (χ2n) is 4.11. The number of hydrogen-bond acceptors (Lipinski definition) is 5. The first-order valence-corrected chi connectivity index (χ1v) is 6.52. The molecule has 0 aliphatic heterocycles. The van der Waals surface area contributed by atoms with E-state index in [4.69, 9.17) is 4.74 Å². The van der Waals surface area contributed by atoms with Gasteiger partial charge in [-0.1, -0.05) is 15.9 Å². The van der Waals surface area contributed by atoms with Gasteiger partial charge >= 0.3 is 0 Å². The lowest BCUT2D eigenvalue weighted by atomic mass is 10.2. The molecule has 2 rings (SSSR count). The average molecular weight is 339 g/mol. The van der Waals surface area contributed by atoms with Gasteiger partial charge < -0.3 is 9.84 Å². The molecule has 0 radical (unpaired) electrons. The van der Waals surface area contributed by atoms with Crippen molar-refractivity contribution >= 4 is 21.6 Å². The molecule has 20 heavy (non-hydrogen) atoms. The van der Waals surface area contributed by atoms with Gasteiger partial charge in [-0.05, 0) is 24.6 Å². The summed E-state index contributed by atoms with van der Waals surface area (Å²) in [6.07, 6.45) is 0.885. The van der Waals surface area contributed by atoms with Crippen LogP contribution in [0.25, 0.3) is 0 Å². The second-order valence-corrected chi connectivity index (χ2v) is 5.03. The van der Waals surface area contributed by atoms with E-state index < -0.39 is 11.0 Å². The number of aromatic nitrogens is 1. The van der Waals surface area contributed by atoms with Gasteiger partial charge in [0.05, 0.1) is 17.1 Å². The van der Waals surface area contributed by atoms with Crippen LogP contribution in [0.2, 0.25) is 0 Å². The number of rotatable bonds is 4. The quantitative estimate of drug-likeness (QED) is 0.679. The number of nitro groups is 1. The van der Waals surface area contributed by atoms with Gasteiger partial charge in [0, 0.05) is 22.8 Å². The van der Waals surface area contributed by atoms with E-state index in [0.717, 1.165) is 0 Å². The fourth-order valence-electron chi connectivity index (χ4n) is 1.53. The van der Waals surface area contributed by atoms with Gasteiger partial charge in [0.1, 0.15) is 5.75 Å². The number of aliphatic hydroxyl groups is 1. The lowest BCUT2D eigenvalue weighted by molar-refractivity contribution is -0.385. The summed E-state index contributed by atoms with van der Waals surface area (Å²) >= 11 is 3.19. The van der Waals surface area contributed by atoms with Crippen molar-refractivity contribution in [2.24, 2.45) is 0 Å². The summed E-state index contributed by atoms with van der Waals surface area (Å²) in [5, 5.41) is 20.1. The summed E-state index contributed by atoms with van der Waals surface area (Å²) in [7, 11) is 0. The maximum atomic E-state index is 10.8. The predicted octanol–water partition coefficient (Wildman–Crippen LogP) is 3.60. The fourth-order valence-corrected chi connectivity index (χ4v) is 1.99. The summed E-state index contributed by atoms with van der Waals surface area (Å²) in [6.45, 7) is 1.63. The molecule has 6 nitrogen and oxygen atoms in total. The summed E-state index contributed by atoms with van der Waals surface area (Å²) in [5.41, 5.74) is 0.590. The zero-order chi connectivity index (χ0) is 14.7. The van der Waals surface area contributed by atoms with Gasteiger partial charge in [0.25, 0.3) is 5.69 Å². The van der Waals surface area contributed by atoms with Crippen LogP contribution in [0.15, 0.2) is 41.0 Å². The number of nitro benzene ring substituents is 1. The first kappa shape index (κ1) is 14.4. The first-order valence-electron chi connectivity index (χ1n) is 5.72. The zero-order valence-electron chi connectivity index (χ0n) is 10.5. The molecule has 1 heterocycles. The van der Waals surface area contributed by atoms with Gasteiger partial charge in [-0.2, -0.15) is 0 Å². The molecular formula is C13H11BrN2O4. The highest BCUT2D eigenvalue weighted by atomic mass is 79.9. The van der Waals surface area contributed by atoms with Gasteiger partial charge in [0.15, 0.2) is 0 Å². The highest BCUT2D eigenvalue weighted by molar-refractivity contribution is 9.10. The maximum absolute atomic E-state index is 10.8. The Balaban J connectivity index is 2.23. The van der Waals surface area contributed by atoms with E-state index in [1.54, 1.807) is 25.1 Å². The van der Waals surface area contributed by atoms with E-state index in [2.05, 4.69) is 20.9 Å². The number of non-ortho nitro benzene ring substituents is 1. The van der Waals surface area contributed by atoms with Crippen LogP contribution < -0.4 is 4.74 Å². The molecule has 0 saturated heterocycles. The van der Waals surface area contributed by atoms with Crippen LogP contribution in [-0.4, -0.2) is 15.0 Å². The van der Waals surface area contributed by atoms with Gasteiger partial charge in [-0.15, -0.1) is 0 Å². The SMILES string of the molecule is CC(O)c1ccc(Oc2cc(Br)cc([N+](=O)[O-])c2)nc1. The molecular weight excluding hydrogens is 328 g/mol. The lowest BCUT2D eigenvalue weighted by Crippen LogP contribution is -1.94. The molecule has 1 atom stereocenters. The summed E-state index contributed by atoms with van der Waals surface area (Å²) < 4.78 is 6.00. The van der Waals surface area contributed by atoms with Crippen LogP contribution in [0.4, 0.5) is 5.69 Å². The van der Waals surface area contributed by atoms with Crippen molar-refractivity contribution in [2.45, 2.75) is 13.0 Å². The number of pyridine rings is 1. The molecule has 0 saturated carbocycles. The molecule has 0 amide bonds. The highest BCUT2D eigenvalue weighted by Crippen LogP contribution is 2.29. The monoisotopic (exact) mass is 338 g/mol. The normalized spacial score (nSPS) is 11.9. The van der Waals surface area contributed by atoms with E-state index in [0.29, 0.717) is 21.7 Å². The summed E-state index contributed by atoms with van der Waals surface area (Å²) in [4.78, 5) is 14.3. The number of halogens is 1. The third-order valence-electron chi connectivity index (χ3n) is 2.53. The van der Waals surface area contributed by atoms with Crippen molar-refractivity contribution in [3.8, 4) is 11.6 Å². The molecule has 104 valence electrons. The number of benzene rings is 1. The predicted molar refractivity (Wildman–Crippen MR) is 75.7 cm³/mol. The third-order valence-corrected chi connectivity index (χ3v) is 2.99. The molecule has 0 aliphatic rings. The van der Waals surface area contributed by atoms with Gasteiger partial charge in [-0.3, -0.25) is 10.1 Å². The van der Waals surface area contributed by atoms with Crippen molar-refractivity contribution in [1.82, 2.24) is 4.98 Å². The molecule has 1 aromatic heterocycles. The highest BCUT2D eigenvalue weighted by Gasteiger charge is 2.11. The molecule has 1 unspecified atom stereocenters. The number of aliphatic hydroxyl groups excluding tert-OH is 1. The Morgan fingerprint density at radius 2 is 2.15 bits per heavy atom. The van der Waals surface area contributed by atoms with E-state index in [-0.39, 0.29) is 5.69 Å². The molecule has 0 fully saturated rings. The summed E-state index contributed by atoms with van der Waals surface area (Å²) in [5.74, 6) is 0.602. The molecule has 7 heteroatoms. The first-order chi connectivity index (χ1) is 9.45. The molecule has 0 bridgehead atoms. The van der Waals surface area contributed by atoms with Crippen molar-refractivity contribution in [3.63, 3.8) is 0 Å². The smallest absolute Gasteiger partial charge is 0.274 e. The number of nitrogens with zero attached hydrogens (tertiary/aromatic N) is 2. The van der Waals surface area contributed by atoms with Gasteiger partial charge in [-0.25, -0.2) is 4.98 Å². The fraction of sp³-hybridized carbons (Fsp3) is 0.154. The van der Waals surface area contributed by atoms with Crippen LogP contribution >= 0.6 is 15.9 Å². The molecule has 0 spiro atoms. The third kappa shape index (κ3) is 3.52. The van der Waals surface area contributed by atoms with E-state index >= 15 is 0 Å². The standard InChI is InChI=1S/C13H11BrN2O4/c1-8(17)9-2-3-13(15-7-9)20-12-5-10(14)4-11(6-12)16(18)19/h2-8,17H,1H3. The van der Waals surface area contributed by atoms with Crippen LogP contribution in [0.5, 0.6) is 11.6 Å². The summed E-state index contributed by atoms with van der Waals surface area (Å²) in [6, 6.07) is 7.58. The molecule has 1 aromatic carbocycles. The lowest BCUT2D eigenvalue weighted by Gasteiger charge is -2.07. The van der Waals surface area contributed by atoms with E-state index in [1.807, 2.05) is 0 Å².